The maximum atomic E-state index is 10.4. The molecule has 190 valence electrons. The Balaban J connectivity index is 0.000000355. The minimum absolute atomic E-state index is 0.185. The van der Waals surface area contributed by atoms with Crippen molar-refractivity contribution >= 4 is 46.7 Å². The molecule has 0 aromatic heterocycles. The Morgan fingerprint density at radius 1 is 0.800 bits per heavy atom. The normalized spacial score (nSPS) is 11.6. The van der Waals surface area contributed by atoms with Gasteiger partial charge in [-0.3, -0.25) is 0 Å². The Morgan fingerprint density at radius 3 is 1.74 bits per heavy atom. The summed E-state index contributed by atoms with van der Waals surface area (Å²) in [6.45, 7) is 5.02. The van der Waals surface area contributed by atoms with Crippen molar-refractivity contribution in [3.8, 4) is 11.5 Å². The Kier molecular flexibility index (Phi) is 16.0. The Bertz CT molecular complexity index is 919. The Hall–Kier alpha value is -2.81. The number of alkyl halides is 1. The van der Waals surface area contributed by atoms with Crippen molar-refractivity contribution in [1.82, 2.24) is 0 Å². The van der Waals surface area contributed by atoms with E-state index in [0.717, 1.165) is 60.6 Å². The number of hydrogen-bond acceptors (Lipinski definition) is 4. The lowest BCUT2D eigenvalue weighted by Crippen LogP contribution is -2.07. The highest BCUT2D eigenvalue weighted by atomic mass is 127. The molecule has 0 aliphatic heterocycles. The van der Waals surface area contributed by atoms with Gasteiger partial charge in [-0.25, -0.2) is 9.59 Å². The van der Waals surface area contributed by atoms with Gasteiger partial charge in [-0.15, -0.1) is 0 Å². The van der Waals surface area contributed by atoms with Gasteiger partial charge in [-0.05, 0) is 89.4 Å². The highest BCUT2D eigenvalue weighted by Gasteiger charge is 2.05. The van der Waals surface area contributed by atoms with E-state index in [2.05, 4.69) is 36.4 Å². The molecule has 2 aromatic carbocycles. The van der Waals surface area contributed by atoms with Crippen LogP contribution in [0.3, 0.4) is 0 Å². The summed E-state index contributed by atoms with van der Waals surface area (Å²) in [5.41, 5.74) is 1.70. The van der Waals surface area contributed by atoms with E-state index in [0.29, 0.717) is 0 Å². The third kappa shape index (κ3) is 15.7. The summed E-state index contributed by atoms with van der Waals surface area (Å²) in [4.78, 5) is 20.7. The van der Waals surface area contributed by atoms with Crippen LogP contribution in [0.1, 0.15) is 63.5 Å². The van der Waals surface area contributed by atoms with E-state index in [1.165, 1.54) is 19.3 Å². The molecule has 7 heteroatoms. The topological polar surface area (TPSA) is 93.1 Å². The van der Waals surface area contributed by atoms with E-state index in [4.69, 9.17) is 19.7 Å². The lowest BCUT2D eigenvalue weighted by Gasteiger charge is -2.12. The summed E-state index contributed by atoms with van der Waals surface area (Å²) in [6, 6.07) is 14.8. The molecule has 1 unspecified atom stereocenters. The Labute approximate surface area is 221 Å². The summed E-state index contributed by atoms with van der Waals surface area (Å²) < 4.78 is 11.5. The van der Waals surface area contributed by atoms with E-state index < -0.39 is 11.9 Å². The molecule has 0 bridgehead atoms. The fraction of sp³-hybridized carbons (Fsp3) is 0.357. The second-order valence-electron chi connectivity index (χ2n) is 7.71. The standard InChI is InChI=1S/C15H19IO3.C13H16O3/c1-2-3-4-5-14(16)19-13-9-6-12(7-10-13)8-11-15(17)18;1-2-3-10-16-12-7-4-11(5-8-12)6-9-13(14)15/h6-11,14H,2-5H2,1H3,(H,17,18);4-9H,2-3,10H2,1H3,(H,14,15). The summed E-state index contributed by atoms with van der Waals surface area (Å²) in [6.07, 6.45) is 12.2. The van der Waals surface area contributed by atoms with Crippen molar-refractivity contribution in [2.75, 3.05) is 6.61 Å². The van der Waals surface area contributed by atoms with E-state index in [1.807, 2.05) is 48.5 Å². The molecule has 2 N–H and O–H groups in total. The van der Waals surface area contributed by atoms with Crippen LogP contribution < -0.4 is 9.47 Å². The maximum Gasteiger partial charge on any atom is 0.328 e. The third-order valence-electron chi connectivity index (χ3n) is 4.66. The first-order chi connectivity index (χ1) is 16.8. The molecule has 0 heterocycles. The van der Waals surface area contributed by atoms with E-state index >= 15 is 0 Å². The molecule has 2 rings (SSSR count). The van der Waals surface area contributed by atoms with Crippen LogP contribution in [0.25, 0.3) is 12.2 Å². The molecule has 1 atom stereocenters. The average molecular weight is 594 g/mol. The maximum absolute atomic E-state index is 10.4. The van der Waals surface area contributed by atoms with Gasteiger partial charge < -0.3 is 19.7 Å². The number of ether oxygens (including phenoxy) is 2. The van der Waals surface area contributed by atoms with Crippen molar-refractivity contribution in [1.29, 1.82) is 0 Å². The predicted octanol–water partition coefficient (Wildman–Crippen LogP) is 7.47. The molecule has 35 heavy (non-hydrogen) atoms. The fourth-order valence-electron chi connectivity index (χ4n) is 2.76. The van der Waals surface area contributed by atoms with Crippen LogP contribution in [0, 0.1) is 0 Å². The van der Waals surface area contributed by atoms with Crippen LogP contribution in [0.2, 0.25) is 0 Å². The van der Waals surface area contributed by atoms with Crippen molar-refractivity contribution in [3.05, 3.63) is 71.8 Å². The molecule has 0 aliphatic carbocycles. The number of benzene rings is 2. The minimum Gasteiger partial charge on any atom is -0.494 e. The number of unbranched alkanes of at least 4 members (excludes halogenated alkanes) is 3. The van der Waals surface area contributed by atoms with Crippen LogP contribution in [-0.4, -0.2) is 32.9 Å². The van der Waals surface area contributed by atoms with Crippen LogP contribution in [0.5, 0.6) is 11.5 Å². The highest BCUT2D eigenvalue weighted by molar-refractivity contribution is 14.1. The van der Waals surface area contributed by atoms with Crippen molar-refractivity contribution < 1.29 is 29.3 Å². The molecule has 0 radical (unpaired) electrons. The lowest BCUT2D eigenvalue weighted by atomic mass is 10.2. The first-order valence-corrected chi connectivity index (χ1v) is 13.0. The monoisotopic (exact) mass is 594 g/mol. The molecule has 0 saturated heterocycles. The first kappa shape index (κ1) is 30.2. The largest absolute Gasteiger partial charge is 0.494 e. The Morgan fingerprint density at radius 2 is 1.29 bits per heavy atom. The van der Waals surface area contributed by atoms with Crippen molar-refractivity contribution in [2.45, 2.75) is 56.5 Å². The van der Waals surface area contributed by atoms with Gasteiger partial charge in [0, 0.05) is 12.2 Å². The van der Waals surface area contributed by atoms with Gasteiger partial charge in [-0.1, -0.05) is 57.4 Å². The molecular formula is C28H35IO6. The SMILES string of the molecule is CCCCCC(I)Oc1ccc(C=CC(=O)O)cc1.CCCCOc1ccc(C=CC(=O)O)cc1. The van der Waals surface area contributed by atoms with Gasteiger partial charge in [0.25, 0.3) is 0 Å². The predicted molar refractivity (Wildman–Crippen MR) is 149 cm³/mol. The first-order valence-electron chi connectivity index (χ1n) is 11.8. The van der Waals surface area contributed by atoms with Gasteiger partial charge in [0.05, 0.1) is 6.61 Å². The quantitative estimate of drug-likeness (QED) is 0.102. The summed E-state index contributed by atoms with van der Waals surface area (Å²) in [5, 5.41) is 17.0. The molecule has 2 aromatic rings. The molecule has 0 amide bonds. The minimum atomic E-state index is -0.941. The number of carboxylic acid groups (broad SMARTS) is 2. The van der Waals surface area contributed by atoms with Crippen LogP contribution in [0.4, 0.5) is 0 Å². The van der Waals surface area contributed by atoms with Gasteiger partial charge in [-0.2, -0.15) is 0 Å². The van der Waals surface area contributed by atoms with E-state index in [1.54, 1.807) is 12.2 Å². The summed E-state index contributed by atoms with van der Waals surface area (Å²) in [7, 11) is 0. The zero-order valence-corrected chi connectivity index (χ0v) is 22.5. The molecule has 0 spiro atoms. The number of halogens is 1. The third-order valence-corrected chi connectivity index (χ3v) is 5.54. The number of carbonyl (C=O) groups is 2. The molecule has 6 nitrogen and oxygen atoms in total. The molecule has 0 fully saturated rings. The number of aliphatic carboxylic acids is 2. The molecule has 0 aliphatic rings. The zero-order valence-electron chi connectivity index (χ0n) is 20.4. The lowest BCUT2D eigenvalue weighted by molar-refractivity contribution is -0.132. The van der Waals surface area contributed by atoms with Crippen molar-refractivity contribution in [2.24, 2.45) is 0 Å². The molecule has 0 saturated carbocycles. The van der Waals surface area contributed by atoms with Gasteiger partial charge in [0.15, 0.2) is 0 Å². The van der Waals surface area contributed by atoms with E-state index in [9.17, 15) is 9.59 Å². The summed E-state index contributed by atoms with van der Waals surface area (Å²) >= 11 is 2.30. The number of rotatable bonds is 14. The van der Waals surface area contributed by atoms with Crippen molar-refractivity contribution in [3.63, 3.8) is 0 Å². The number of carboxylic acids is 2. The molecular weight excluding hydrogens is 559 g/mol. The second kappa shape index (κ2) is 18.5. The van der Waals surface area contributed by atoms with E-state index in [-0.39, 0.29) is 4.11 Å². The van der Waals surface area contributed by atoms with Crippen LogP contribution >= 0.6 is 22.6 Å². The smallest absolute Gasteiger partial charge is 0.328 e. The highest BCUT2D eigenvalue weighted by Crippen LogP contribution is 2.20. The fourth-order valence-corrected chi connectivity index (χ4v) is 3.50. The van der Waals surface area contributed by atoms with Crippen LogP contribution in [-0.2, 0) is 9.59 Å². The number of hydrogen-bond donors (Lipinski definition) is 2. The van der Waals surface area contributed by atoms with Gasteiger partial charge in [0.2, 0.25) is 0 Å². The van der Waals surface area contributed by atoms with Crippen LogP contribution in [0.15, 0.2) is 60.7 Å². The summed E-state index contributed by atoms with van der Waals surface area (Å²) in [5.74, 6) is -0.240. The van der Waals surface area contributed by atoms with Gasteiger partial charge in [0.1, 0.15) is 15.6 Å². The zero-order chi connectivity index (χ0) is 25.9. The van der Waals surface area contributed by atoms with Gasteiger partial charge >= 0.3 is 11.9 Å². The second-order valence-corrected chi connectivity index (χ2v) is 9.10. The average Bonchev–Trinajstić information content (AvgIpc) is 2.84.